The number of nitrogens with zero attached hydrogens (tertiary/aromatic N) is 1. The zero-order valence-electron chi connectivity index (χ0n) is 11.1. The van der Waals surface area contributed by atoms with E-state index in [-0.39, 0.29) is 11.6 Å². The number of aromatic hydroxyl groups is 1. The molecule has 0 bridgehead atoms. The molecule has 0 aliphatic heterocycles. The van der Waals surface area contributed by atoms with Gasteiger partial charge < -0.3 is 9.84 Å². The third-order valence-electron chi connectivity index (χ3n) is 3.20. The minimum atomic E-state index is -0.298. The number of methoxy groups -OCH3 is 1. The molecule has 0 radical (unpaired) electrons. The van der Waals surface area contributed by atoms with Crippen LogP contribution < -0.4 is 15.3 Å². The average Bonchev–Trinajstić information content (AvgIpc) is 2.49. The normalized spacial score (nSPS) is 10.8. The first-order chi connectivity index (χ1) is 10.1. The Bertz CT molecular complexity index is 872. The van der Waals surface area contributed by atoms with E-state index in [9.17, 15) is 9.90 Å². The summed E-state index contributed by atoms with van der Waals surface area (Å²) in [6.45, 7) is 0. The lowest BCUT2D eigenvalue weighted by atomic mass is 10.2. The summed E-state index contributed by atoms with van der Waals surface area (Å²) in [5.74, 6) is 0.679. The van der Waals surface area contributed by atoms with Crippen LogP contribution in [0.5, 0.6) is 11.8 Å². The smallest absolute Gasteiger partial charge is 0.460 e. The van der Waals surface area contributed by atoms with Crippen LogP contribution >= 0.6 is 15.9 Å². The van der Waals surface area contributed by atoms with Crippen molar-refractivity contribution >= 4 is 26.8 Å². The molecule has 0 spiro atoms. The summed E-state index contributed by atoms with van der Waals surface area (Å²) in [7, 11) is 1.57. The molecule has 3 rings (SSSR count). The third kappa shape index (κ3) is 2.38. The van der Waals surface area contributed by atoms with E-state index in [1.165, 1.54) is 4.57 Å². The molecule has 0 aliphatic carbocycles. The van der Waals surface area contributed by atoms with Crippen LogP contribution in [-0.2, 0) is 0 Å². The van der Waals surface area contributed by atoms with Crippen molar-refractivity contribution < 1.29 is 14.8 Å². The Hall–Kier alpha value is -2.34. The van der Waals surface area contributed by atoms with Gasteiger partial charge in [0.05, 0.1) is 7.11 Å². The zero-order valence-corrected chi connectivity index (χ0v) is 12.7. The molecule has 0 aliphatic rings. The molecule has 6 heteroatoms. The Morgan fingerprint density at radius 3 is 2.57 bits per heavy atom. The van der Waals surface area contributed by atoms with E-state index in [1.54, 1.807) is 49.6 Å². The third-order valence-corrected chi connectivity index (χ3v) is 3.70. The summed E-state index contributed by atoms with van der Waals surface area (Å²) in [5, 5.41) is 10.6. The van der Waals surface area contributed by atoms with Crippen molar-refractivity contribution in [1.29, 1.82) is 0 Å². The van der Waals surface area contributed by atoms with E-state index in [4.69, 9.17) is 4.74 Å². The van der Waals surface area contributed by atoms with Gasteiger partial charge in [0.15, 0.2) is 0 Å². The highest BCUT2D eigenvalue weighted by molar-refractivity contribution is 9.10. The number of halogens is 1. The van der Waals surface area contributed by atoms with Crippen LogP contribution in [0.25, 0.3) is 16.6 Å². The number of hydrogen-bond donors (Lipinski definition) is 1. The van der Waals surface area contributed by atoms with E-state index < -0.39 is 0 Å². The number of aromatic nitrogens is 2. The first kappa shape index (κ1) is 13.6. The van der Waals surface area contributed by atoms with Crippen LogP contribution in [0.2, 0.25) is 0 Å². The van der Waals surface area contributed by atoms with Crippen LogP contribution in [0, 0.1) is 0 Å². The van der Waals surface area contributed by atoms with Crippen molar-refractivity contribution in [2.24, 2.45) is 0 Å². The largest absolute Gasteiger partial charge is 0.497 e. The lowest BCUT2D eigenvalue weighted by Gasteiger charge is -2.04. The monoisotopic (exact) mass is 347 g/mol. The van der Waals surface area contributed by atoms with Crippen molar-refractivity contribution in [3.63, 3.8) is 0 Å². The van der Waals surface area contributed by atoms with Gasteiger partial charge >= 0.3 is 11.6 Å². The van der Waals surface area contributed by atoms with E-state index >= 15 is 0 Å². The van der Waals surface area contributed by atoms with Crippen molar-refractivity contribution in [1.82, 2.24) is 4.57 Å². The van der Waals surface area contributed by atoms with Crippen molar-refractivity contribution in [2.75, 3.05) is 7.11 Å². The topological polar surface area (TPSA) is 65.6 Å². The Kier molecular flexibility index (Phi) is 3.39. The Morgan fingerprint density at radius 1 is 1.19 bits per heavy atom. The molecule has 3 aromatic rings. The van der Waals surface area contributed by atoms with Gasteiger partial charge in [0.1, 0.15) is 22.3 Å². The number of rotatable bonds is 2. The van der Waals surface area contributed by atoms with Crippen molar-refractivity contribution in [2.45, 2.75) is 0 Å². The molecular weight excluding hydrogens is 336 g/mol. The van der Waals surface area contributed by atoms with Crippen LogP contribution in [0.3, 0.4) is 0 Å². The predicted octanol–water partition coefficient (Wildman–Crippen LogP) is 2.28. The lowest BCUT2D eigenvalue weighted by Crippen LogP contribution is -2.25. The molecule has 0 amide bonds. The molecule has 21 heavy (non-hydrogen) atoms. The van der Waals surface area contributed by atoms with Gasteiger partial charge in [0.25, 0.3) is 0 Å². The minimum absolute atomic E-state index is 0.222. The van der Waals surface area contributed by atoms with Gasteiger partial charge in [-0.2, -0.15) is 0 Å². The molecule has 0 fully saturated rings. The van der Waals surface area contributed by atoms with E-state index in [1.807, 2.05) is 0 Å². The highest BCUT2D eigenvalue weighted by Crippen LogP contribution is 2.19. The van der Waals surface area contributed by atoms with Gasteiger partial charge in [-0.3, -0.25) is 0 Å². The number of hydrogen-bond acceptors (Lipinski definition) is 3. The van der Waals surface area contributed by atoms with Crippen LogP contribution in [-0.4, -0.2) is 16.8 Å². The standard InChI is InChI=1S/C15H11BrN2O3/c1-21-11-5-3-10(4-6-11)18-14(19)12-8-9(16)2-7-13(12)17-15(18)20/h2-8H,1H3,(H,17,20)/p+1. The summed E-state index contributed by atoms with van der Waals surface area (Å²) in [6, 6.07) is 11.9. The lowest BCUT2D eigenvalue weighted by molar-refractivity contribution is -0.370. The van der Waals surface area contributed by atoms with Gasteiger partial charge in [-0.1, -0.05) is 15.9 Å². The van der Waals surface area contributed by atoms with Crippen LogP contribution in [0.15, 0.2) is 51.7 Å². The second-order valence-corrected chi connectivity index (χ2v) is 5.39. The van der Waals surface area contributed by atoms with Crippen LogP contribution in [0.1, 0.15) is 0 Å². The molecule has 0 saturated heterocycles. The molecule has 2 N–H and O–H groups in total. The molecule has 0 saturated carbocycles. The zero-order chi connectivity index (χ0) is 15.0. The highest BCUT2D eigenvalue weighted by atomic mass is 79.9. The molecule has 5 nitrogen and oxygen atoms in total. The van der Waals surface area contributed by atoms with Gasteiger partial charge in [-0.25, -0.2) is 9.78 Å². The minimum Gasteiger partial charge on any atom is -0.497 e. The first-order valence-corrected chi connectivity index (χ1v) is 7.00. The summed E-state index contributed by atoms with van der Waals surface area (Å²) >= 11 is 3.34. The van der Waals surface area contributed by atoms with E-state index in [2.05, 4.69) is 20.9 Å². The van der Waals surface area contributed by atoms with Crippen LogP contribution in [0.4, 0.5) is 0 Å². The first-order valence-electron chi connectivity index (χ1n) is 6.21. The van der Waals surface area contributed by atoms with Gasteiger partial charge in [0, 0.05) is 4.47 Å². The summed E-state index contributed by atoms with van der Waals surface area (Å²) < 4.78 is 7.10. The van der Waals surface area contributed by atoms with Crippen molar-refractivity contribution in [3.05, 3.63) is 57.3 Å². The number of H-pyrrole nitrogens is 1. The molecule has 0 unspecified atom stereocenters. The fourth-order valence-electron chi connectivity index (χ4n) is 2.17. The Morgan fingerprint density at radius 2 is 1.90 bits per heavy atom. The predicted molar refractivity (Wildman–Crippen MR) is 82.0 cm³/mol. The maximum Gasteiger partial charge on any atom is 0.460 e. The van der Waals surface area contributed by atoms with Gasteiger partial charge in [0.2, 0.25) is 0 Å². The molecule has 1 aromatic heterocycles. The van der Waals surface area contributed by atoms with Gasteiger partial charge in [-0.05, 0) is 42.5 Å². The van der Waals surface area contributed by atoms with Crippen molar-refractivity contribution in [3.8, 4) is 17.4 Å². The summed E-state index contributed by atoms with van der Waals surface area (Å²) in [4.78, 5) is 15.4. The molecule has 2 aromatic carbocycles. The number of ether oxygens (including phenoxy) is 1. The molecule has 0 atom stereocenters. The SMILES string of the molecule is COc1ccc(-n2c(O)[nH+]c3ccc(Br)cc3c2=O)cc1. The number of benzene rings is 2. The average molecular weight is 348 g/mol. The Balaban J connectivity index is 2.28. The maximum absolute atomic E-state index is 12.6. The van der Waals surface area contributed by atoms with E-state index in [0.29, 0.717) is 22.3 Å². The maximum atomic E-state index is 12.6. The second-order valence-electron chi connectivity index (χ2n) is 4.48. The summed E-state index contributed by atoms with van der Waals surface area (Å²) in [6.07, 6.45) is 0. The second kappa shape index (κ2) is 5.21. The molecule has 106 valence electrons. The summed E-state index contributed by atoms with van der Waals surface area (Å²) in [5.41, 5.74) is 0.828. The number of fused-ring (bicyclic) bond motifs is 1. The number of nitrogens with one attached hydrogen (secondary N) is 1. The molecular formula is C15H12BrN2O3+. The van der Waals surface area contributed by atoms with E-state index in [0.717, 1.165) is 4.47 Å². The van der Waals surface area contributed by atoms with Gasteiger partial charge in [-0.15, -0.1) is 4.57 Å². The fourth-order valence-corrected chi connectivity index (χ4v) is 2.53. The fraction of sp³-hybridized carbons (Fsp3) is 0.0667. The molecule has 1 heterocycles. The highest BCUT2D eigenvalue weighted by Gasteiger charge is 2.19. The quantitative estimate of drug-likeness (QED) is 0.773. The Labute approximate surface area is 128 Å². The number of aromatic amines is 1.